The number of nitrogens with two attached hydrogens (primary N) is 1. The van der Waals surface area contributed by atoms with Gasteiger partial charge in [0.05, 0.1) is 0 Å². The number of nitrogens with one attached hydrogen (secondary N) is 1. The monoisotopic (exact) mass is 302 g/mol. The molecule has 4 heteroatoms. The molecule has 0 radical (unpaired) electrons. The molecule has 0 aliphatic carbocycles. The molecule has 3 nitrogen and oxygen atoms in total. The number of carbonyl (C=O) groups excluding carboxylic acids is 1. The van der Waals surface area contributed by atoms with Crippen LogP contribution >= 0.6 is 11.6 Å². The van der Waals surface area contributed by atoms with Crippen molar-refractivity contribution in [2.75, 3.05) is 0 Å². The van der Waals surface area contributed by atoms with Gasteiger partial charge in [-0.05, 0) is 48.7 Å². The second-order valence-electron chi connectivity index (χ2n) is 5.18. The van der Waals surface area contributed by atoms with Crippen molar-refractivity contribution >= 4 is 17.5 Å². The van der Waals surface area contributed by atoms with Crippen molar-refractivity contribution in [3.05, 3.63) is 70.2 Å². The molecule has 0 aliphatic heterocycles. The van der Waals surface area contributed by atoms with Crippen molar-refractivity contribution in [2.45, 2.75) is 25.9 Å². The fourth-order valence-corrected chi connectivity index (χ4v) is 2.30. The minimum Gasteiger partial charge on any atom is -0.366 e. The molecule has 0 spiro atoms. The summed E-state index contributed by atoms with van der Waals surface area (Å²) in [5, 5.41) is 4.20. The summed E-state index contributed by atoms with van der Waals surface area (Å²) in [4.78, 5) is 11.2. The maximum atomic E-state index is 11.2. The van der Waals surface area contributed by atoms with Gasteiger partial charge in [-0.1, -0.05) is 35.9 Å². The van der Waals surface area contributed by atoms with Gasteiger partial charge in [0, 0.05) is 23.2 Å². The highest BCUT2D eigenvalue weighted by Crippen LogP contribution is 2.11. The third-order valence-corrected chi connectivity index (χ3v) is 3.57. The first-order chi connectivity index (χ1) is 10.0. The zero-order valence-corrected chi connectivity index (χ0v) is 12.7. The molecule has 0 fully saturated rings. The summed E-state index contributed by atoms with van der Waals surface area (Å²) < 4.78 is 0. The summed E-state index contributed by atoms with van der Waals surface area (Å²) in [6.07, 6.45) is 0.923. The van der Waals surface area contributed by atoms with Crippen LogP contribution in [0.4, 0.5) is 0 Å². The summed E-state index contributed by atoms with van der Waals surface area (Å²) in [6.45, 7) is 2.84. The Morgan fingerprint density at radius 1 is 1.19 bits per heavy atom. The van der Waals surface area contributed by atoms with Crippen LogP contribution in [0.5, 0.6) is 0 Å². The lowest BCUT2D eigenvalue weighted by atomic mass is 10.1. The molecule has 110 valence electrons. The van der Waals surface area contributed by atoms with E-state index in [4.69, 9.17) is 17.3 Å². The Morgan fingerprint density at radius 3 is 2.57 bits per heavy atom. The first kappa shape index (κ1) is 15.5. The standard InChI is InChI=1S/C17H19ClN2O/c1-12(9-13-5-7-16(18)8-6-13)20-11-14-3-2-4-15(10-14)17(19)21/h2-8,10,12,20H,9,11H2,1H3,(H2,19,21). The van der Waals surface area contributed by atoms with E-state index in [9.17, 15) is 4.79 Å². The van der Waals surface area contributed by atoms with Crippen LogP contribution < -0.4 is 11.1 Å². The van der Waals surface area contributed by atoms with Gasteiger partial charge in [0.2, 0.25) is 5.91 Å². The molecular weight excluding hydrogens is 284 g/mol. The highest BCUT2D eigenvalue weighted by molar-refractivity contribution is 6.30. The van der Waals surface area contributed by atoms with Gasteiger partial charge in [-0.25, -0.2) is 0 Å². The summed E-state index contributed by atoms with van der Waals surface area (Å²) in [5.74, 6) is -0.397. The Bertz CT molecular complexity index is 610. The Kier molecular flexibility index (Phi) is 5.37. The summed E-state index contributed by atoms with van der Waals surface area (Å²) in [6, 6.07) is 15.6. The molecule has 0 aromatic heterocycles. The van der Waals surface area contributed by atoms with E-state index >= 15 is 0 Å². The number of hydrogen-bond acceptors (Lipinski definition) is 2. The second kappa shape index (κ2) is 7.25. The predicted molar refractivity (Wildman–Crippen MR) is 86.4 cm³/mol. The highest BCUT2D eigenvalue weighted by Gasteiger charge is 2.05. The summed E-state index contributed by atoms with van der Waals surface area (Å²) >= 11 is 5.88. The third kappa shape index (κ3) is 4.88. The van der Waals surface area contributed by atoms with Gasteiger partial charge in [0.1, 0.15) is 0 Å². The molecule has 0 bridgehead atoms. The Morgan fingerprint density at radius 2 is 1.90 bits per heavy atom. The molecule has 1 atom stereocenters. The number of amides is 1. The molecule has 2 aromatic rings. The maximum Gasteiger partial charge on any atom is 0.248 e. The number of rotatable bonds is 6. The van der Waals surface area contributed by atoms with E-state index < -0.39 is 5.91 Å². The van der Waals surface area contributed by atoms with E-state index in [1.165, 1.54) is 5.56 Å². The molecule has 0 aliphatic rings. The molecular formula is C17H19ClN2O. The van der Waals surface area contributed by atoms with Crippen LogP contribution in [-0.4, -0.2) is 11.9 Å². The zero-order valence-electron chi connectivity index (χ0n) is 12.0. The van der Waals surface area contributed by atoms with Crippen molar-refractivity contribution in [3.8, 4) is 0 Å². The smallest absolute Gasteiger partial charge is 0.248 e. The fraction of sp³-hybridized carbons (Fsp3) is 0.235. The van der Waals surface area contributed by atoms with Gasteiger partial charge < -0.3 is 11.1 Å². The van der Waals surface area contributed by atoms with Gasteiger partial charge >= 0.3 is 0 Å². The van der Waals surface area contributed by atoms with Crippen molar-refractivity contribution < 1.29 is 4.79 Å². The first-order valence-corrected chi connectivity index (χ1v) is 7.29. The lowest BCUT2D eigenvalue weighted by Gasteiger charge is -2.14. The second-order valence-corrected chi connectivity index (χ2v) is 5.61. The van der Waals surface area contributed by atoms with E-state index in [1.54, 1.807) is 6.07 Å². The van der Waals surface area contributed by atoms with Crippen molar-refractivity contribution in [2.24, 2.45) is 5.73 Å². The Labute approximate surface area is 130 Å². The molecule has 21 heavy (non-hydrogen) atoms. The molecule has 0 heterocycles. The molecule has 0 saturated carbocycles. The van der Waals surface area contributed by atoms with Gasteiger partial charge in [0.15, 0.2) is 0 Å². The van der Waals surface area contributed by atoms with E-state index in [0.717, 1.165) is 17.0 Å². The average Bonchev–Trinajstić information content (AvgIpc) is 2.48. The minimum absolute atomic E-state index is 0.323. The lowest BCUT2D eigenvalue weighted by Crippen LogP contribution is -2.27. The van der Waals surface area contributed by atoms with E-state index in [1.807, 2.05) is 42.5 Å². The SMILES string of the molecule is CC(Cc1ccc(Cl)cc1)NCc1cccc(C(N)=O)c1. The van der Waals surface area contributed by atoms with Gasteiger partial charge in [-0.3, -0.25) is 4.79 Å². The number of primary amides is 1. The molecule has 2 rings (SSSR count). The van der Waals surface area contributed by atoms with Crippen molar-refractivity contribution in [3.63, 3.8) is 0 Å². The number of halogens is 1. The quantitative estimate of drug-likeness (QED) is 0.861. The van der Waals surface area contributed by atoms with Crippen LogP contribution in [-0.2, 0) is 13.0 Å². The van der Waals surface area contributed by atoms with Crippen LogP contribution in [0.25, 0.3) is 0 Å². The van der Waals surface area contributed by atoms with E-state index in [2.05, 4.69) is 12.2 Å². The third-order valence-electron chi connectivity index (χ3n) is 3.32. The van der Waals surface area contributed by atoms with Crippen LogP contribution in [0, 0.1) is 0 Å². The summed E-state index contributed by atoms with van der Waals surface area (Å²) in [5.41, 5.74) is 8.12. The van der Waals surface area contributed by atoms with Gasteiger partial charge in [-0.2, -0.15) is 0 Å². The maximum absolute atomic E-state index is 11.2. The molecule has 0 saturated heterocycles. The Balaban J connectivity index is 1.89. The molecule has 3 N–H and O–H groups in total. The summed E-state index contributed by atoms with van der Waals surface area (Å²) in [7, 11) is 0. The number of benzene rings is 2. The first-order valence-electron chi connectivity index (χ1n) is 6.91. The lowest BCUT2D eigenvalue weighted by molar-refractivity contribution is 0.1000. The van der Waals surface area contributed by atoms with Crippen LogP contribution in [0.2, 0.25) is 5.02 Å². The predicted octanol–water partition coefficient (Wildman–Crippen LogP) is 3.16. The highest BCUT2D eigenvalue weighted by atomic mass is 35.5. The van der Waals surface area contributed by atoms with Gasteiger partial charge in [-0.15, -0.1) is 0 Å². The van der Waals surface area contributed by atoms with Crippen LogP contribution in [0.1, 0.15) is 28.4 Å². The topological polar surface area (TPSA) is 55.1 Å². The molecule has 1 amide bonds. The zero-order chi connectivity index (χ0) is 15.2. The largest absolute Gasteiger partial charge is 0.366 e. The Hall–Kier alpha value is -1.84. The normalized spacial score (nSPS) is 12.1. The fourth-order valence-electron chi connectivity index (χ4n) is 2.17. The molecule has 1 unspecified atom stereocenters. The average molecular weight is 303 g/mol. The van der Waals surface area contributed by atoms with E-state index in [0.29, 0.717) is 18.2 Å². The van der Waals surface area contributed by atoms with Crippen LogP contribution in [0.15, 0.2) is 48.5 Å². The van der Waals surface area contributed by atoms with Gasteiger partial charge in [0.25, 0.3) is 0 Å². The van der Waals surface area contributed by atoms with Crippen molar-refractivity contribution in [1.29, 1.82) is 0 Å². The number of carbonyl (C=O) groups is 1. The number of hydrogen-bond donors (Lipinski definition) is 2. The van der Waals surface area contributed by atoms with E-state index in [-0.39, 0.29) is 0 Å². The van der Waals surface area contributed by atoms with Crippen molar-refractivity contribution in [1.82, 2.24) is 5.32 Å². The van der Waals surface area contributed by atoms with Crippen LogP contribution in [0.3, 0.4) is 0 Å². The molecule has 2 aromatic carbocycles. The minimum atomic E-state index is -0.397.